The molecule has 0 fully saturated rings. The molecule has 0 aliphatic heterocycles. The Balaban J connectivity index is 2.19. The topological polar surface area (TPSA) is 102 Å². The van der Waals surface area contributed by atoms with E-state index in [2.05, 4.69) is 10.6 Å². The van der Waals surface area contributed by atoms with Gasteiger partial charge in [-0.3, -0.25) is 4.79 Å². The van der Waals surface area contributed by atoms with Crippen molar-refractivity contribution >= 4 is 27.3 Å². The van der Waals surface area contributed by atoms with E-state index in [1.165, 1.54) is 4.31 Å². The molecule has 0 radical (unpaired) electrons. The molecule has 0 bridgehead atoms. The van der Waals surface area contributed by atoms with Crippen LogP contribution in [0.5, 0.6) is 0 Å². The van der Waals surface area contributed by atoms with E-state index in [1.54, 1.807) is 70.2 Å². The van der Waals surface area contributed by atoms with Gasteiger partial charge in [-0.15, -0.1) is 0 Å². The molecule has 0 unspecified atom stereocenters. The third-order valence-electron chi connectivity index (χ3n) is 4.55. The lowest BCUT2D eigenvalue weighted by molar-refractivity contribution is -0.116. The number of hydrogen-bond acceptors (Lipinski definition) is 5. The highest BCUT2D eigenvalue weighted by atomic mass is 32.2. The maximum Gasteiger partial charge on any atom is 0.246 e. The Hall–Kier alpha value is -2.89. The SMILES string of the molecule is CCN(CC)S(=O)(=O)c1cc(N[C@H](C)C(=O)Nc2cccc(C#N)c2)ccc1C. The van der Waals surface area contributed by atoms with Crippen LogP contribution in [-0.2, 0) is 14.8 Å². The van der Waals surface area contributed by atoms with E-state index < -0.39 is 16.1 Å². The van der Waals surface area contributed by atoms with Gasteiger partial charge in [0.2, 0.25) is 15.9 Å². The largest absolute Gasteiger partial charge is 0.374 e. The van der Waals surface area contributed by atoms with Crippen molar-refractivity contribution in [3.8, 4) is 6.07 Å². The Bertz CT molecular complexity index is 1020. The van der Waals surface area contributed by atoms with Gasteiger partial charge < -0.3 is 10.6 Å². The number of amides is 1. The zero-order valence-corrected chi connectivity index (χ0v) is 17.9. The smallest absolute Gasteiger partial charge is 0.246 e. The van der Waals surface area contributed by atoms with Gasteiger partial charge in [-0.1, -0.05) is 26.0 Å². The number of hydrogen-bond donors (Lipinski definition) is 2. The van der Waals surface area contributed by atoms with E-state index in [-0.39, 0.29) is 10.8 Å². The van der Waals surface area contributed by atoms with Gasteiger partial charge in [-0.2, -0.15) is 9.57 Å². The summed E-state index contributed by atoms with van der Waals surface area (Å²) in [6.45, 7) is 7.80. The average Bonchev–Trinajstić information content (AvgIpc) is 2.70. The first kappa shape index (κ1) is 22.4. The molecule has 1 amide bonds. The van der Waals surface area contributed by atoms with Crippen LogP contribution < -0.4 is 10.6 Å². The lowest BCUT2D eigenvalue weighted by Gasteiger charge is -2.21. The molecule has 0 spiro atoms. The van der Waals surface area contributed by atoms with Crippen molar-refractivity contribution in [1.29, 1.82) is 5.26 Å². The molecule has 2 N–H and O–H groups in total. The van der Waals surface area contributed by atoms with Crippen LogP contribution in [0.4, 0.5) is 11.4 Å². The summed E-state index contributed by atoms with van der Waals surface area (Å²) in [5.41, 5.74) is 2.16. The van der Waals surface area contributed by atoms with E-state index in [9.17, 15) is 13.2 Å². The lowest BCUT2D eigenvalue weighted by atomic mass is 10.2. The zero-order chi connectivity index (χ0) is 21.6. The van der Waals surface area contributed by atoms with Gasteiger partial charge in [-0.25, -0.2) is 8.42 Å². The third-order valence-corrected chi connectivity index (χ3v) is 6.74. The Morgan fingerprint density at radius 2 is 1.83 bits per heavy atom. The van der Waals surface area contributed by atoms with Crippen LogP contribution in [0.2, 0.25) is 0 Å². The van der Waals surface area contributed by atoms with E-state index in [0.717, 1.165) is 0 Å². The van der Waals surface area contributed by atoms with Gasteiger partial charge in [0.1, 0.15) is 6.04 Å². The van der Waals surface area contributed by atoms with Crippen LogP contribution >= 0.6 is 0 Å². The van der Waals surface area contributed by atoms with Crippen LogP contribution in [-0.4, -0.2) is 37.8 Å². The standard InChI is InChI=1S/C21H26N4O3S/c1-5-25(6-2)29(27,28)20-13-19(11-10-15(20)3)23-16(4)21(26)24-18-9-7-8-17(12-18)14-22/h7-13,16,23H,5-6H2,1-4H3,(H,24,26)/t16-/m1/s1. The molecule has 2 rings (SSSR count). The molecule has 29 heavy (non-hydrogen) atoms. The fraction of sp³-hybridized carbons (Fsp3) is 0.333. The molecule has 154 valence electrons. The van der Waals surface area contributed by atoms with Crippen molar-refractivity contribution in [1.82, 2.24) is 4.31 Å². The first-order valence-electron chi connectivity index (χ1n) is 9.41. The van der Waals surface area contributed by atoms with E-state index in [4.69, 9.17) is 5.26 Å². The van der Waals surface area contributed by atoms with E-state index in [1.807, 2.05) is 6.07 Å². The quantitative estimate of drug-likeness (QED) is 0.690. The van der Waals surface area contributed by atoms with Gasteiger partial charge in [-0.05, 0) is 49.7 Å². The van der Waals surface area contributed by atoms with Crippen LogP contribution in [0.3, 0.4) is 0 Å². The molecule has 2 aromatic rings. The Labute approximate surface area is 172 Å². The van der Waals surface area contributed by atoms with Crippen molar-refractivity contribution in [3.63, 3.8) is 0 Å². The molecular weight excluding hydrogens is 388 g/mol. The Kier molecular flexibility index (Phi) is 7.37. The second-order valence-corrected chi connectivity index (χ2v) is 8.52. The molecule has 1 atom stereocenters. The van der Waals surface area contributed by atoms with Gasteiger partial charge in [0.05, 0.1) is 16.5 Å². The first-order chi connectivity index (χ1) is 13.7. The summed E-state index contributed by atoms with van der Waals surface area (Å²) >= 11 is 0. The number of carbonyl (C=O) groups excluding carboxylic acids is 1. The maximum absolute atomic E-state index is 12.9. The Morgan fingerprint density at radius 1 is 1.14 bits per heavy atom. The number of aryl methyl sites for hydroxylation is 1. The lowest BCUT2D eigenvalue weighted by Crippen LogP contribution is -2.33. The van der Waals surface area contributed by atoms with Crippen molar-refractivity contribution in [3.05, 3.63) is 53.6 Å². The molecule has 0 aromatic heterocycles. The van der Waals surface area contributed by atoms with E-state index >= 15 is 0 Å². The molecule has 0 aliphatic carbocycles. The highest BCUT2D eigenvalue weighted by Gasteiger charge is 2.24. The molecular formula is C21H26N4O3S. The number of benzene rings is 2. The predicted molar refractivity (Wildman–Crippen MR) is 114 cm³/mol. The number of anilines is 2. The summed E-state index contributed by atoms with van der Waals surface area (Å²) in [5.74, 6) is -0.297. The summed E-state index contributed by atoms with van der Waals surface area (Å²) < 4.78 is 27.2. The highest BCUT2D eigenvalue weighted by molar-refractivity contribution is 7.89. The second-order valence-electron chi connectivity index (χ2n) is 6.62. The maximum atomic E-state index is 12.9. The van der Waals surface area contributed by atoms with Gasteiger partial charge in [0, 0.05) is 24.5 Å². The fourth-order valence-electron chi connectivity index (χ4n) is 2.90. The number of nitriles is 1. The molecule has 2 aromatic carbocycles. The summed E-state index contributed by atoms with van der Waals surface area (Å²) in [7, 11) is -3.60. The summed E-state index contributed by atoms with van der Waals surface area (Å²) in [6, 6.07) is 13.1. The van der Waals surface area contributed by atoms with E-state index in [0.29, 0.717) is 35.6 Å². The predicted octanol–water partition coefficient (Wildman–Crippen LogP) is 3.34. The number of rotatable bonds is 8. The number of sulfonamides is 1. The van der Waals surface area contributed by atoms with Crippen molar-refractivity contribution in [2.24, 2.45) is 0 Å². The minimum atomic E-state index is -3.60. The summed E-state index contributed by atoms with van der Waals surface area (Å²) in [6.07, 6.45) is 0. The van der Waals surface area contributed by atoms with Crippen molar-refractivity contribution in [2.75, 3.05) is 23.7 Å². The Morgan fingerprint density at radius 3 is 2.45 bits per heavy atom. The fourth-order valence-corrected chi connectivity index (χ4v) is 4.61. The normalized spacial score (nSPS) is 12.3. The molecule has 0 saturated heterocycles. The minimum absolute atomic E-state index is 0.223. The van der Waals surface area contributed by atoms with Crippen molar-refractivity contribution in [2.45, 2.75) is 38.6 Å². The highest BCUT2D eigenvalue weighted by Crippen LogP contribution is 2.24. The van der Waals surface area contributed by atoms with Gasteiger partial charge in [0.25, 0.3) is 0 Å². The van der Waals surface area contributed by atoms with Crippen LogP contribution in [0.1, 0.15) is 31.9 Å². The minimum Gasteiger partial charge on any atom is -0.374 e. The number of nitrogens with one attached hydrogen (secondary N) is 2. The summed E-state index contributed by atoms with van der Waals surface area (Å²) in [5, 5.41) is 14.8. The second kappa shape index (κ2) is 9.54. The zero-order valence-electron chi connectivity index (χ0n) is 17.1. The average molecular weight is 415 g/mol. The molecule has 8 heteroatoms. The molecule has 0 saturated carbocycles. The molecule has 7 nitrogen and oxygen atoms in total. The number of carbonyl (C=O) groups is 1. The molecule has 0 aliphatic rings. The monoisotopic (exact) mass is 414 g/mol. The first-order valence-corrected chi connectivity index (χ1v) is 10.8. The van der Waals surface area contributed by atoms with Crippen LogP contribution in [0.25, 0.3) is 0 Å². The molecule has 0 heterocycles. The van der Waals surface area contributed by atoms with Crippen molar-refractivity contribution < 1.29 is 13.2 Å². The van der Waals surface area contributed by atoms with Crippen LogP contribution in [0.15, 0.2) is 47.4 Å². The third kappa shape index (κ3) is 5.34. The van der Waals surface area contributed by atoms with Gasteiger partial charge >= 0.3 is 0 Å². The van der Waals surface area contributed by atoms with Crippen LogP contribution in [0, 0.1) is 18.3 Å². The van der Waals surface area contributed by atoms with Gasteiger partial charge in [0.15, 0.2) is 0 Å². The number of nitrogens with zero attached hydrogens (tertiary/aromatic N) is 2. The summed E-state index contributed by atoms with van der Waals surface area (Å²) in [4.78, 5) is 12.7.